The second-order valence-electron chi connectivity index (χ2n) is 6.70. The molecule has 0 aliphatic carbocycles. The van der Waals surface area contributed by atoms with Crippen LogP contribution in [0, 0.1) is 16.0 Å². The highest BCUT2D eigenvalue weighted by atomic mass is 16.6. The van der Waals surface area contributed by atoms with E-state index in [4.69, 9.17) is 0 Å². The van der Waals surface area contributed by atoms with Crippen molar-refractivity contribution in [1.82, 2.24) is 0 Å². The van der Waals surface area contributed by atoms with E-state index in [0.29, 0.717) is 12.2 Å². The fourth-order valence-electron chi connectivity index (χ4n) is 3.47. The minimum absolute atomic E-state index is 0.0452. The lowest BCUT2D eigenvalue weighted by Crippen LogP contribution is -2.28. The molecule has 7 heteroatoms. The van der Waals surface area contributed by atoms with Crippen molar-refractivity contribution in [2.45, 2.75) is 6.42 Å². The molecule has 1 heterocycles. The van der Waals surface area contributed by atoms with Gasteiger partial charge in [-0.3, -0.25) is 19.7 Å². The van der Waals surface area contributed by atoms with Crippen molar-refractivity contribution in [3.8, 4) is 0 Å². The zero-order valence-electron chi connectivity index (χ0n) is 14.9. The zero-order chi connectivity index (χ0) is 19.7. The molecule has 3 aromatic rings. The summed E-state index contributed by atoms with van der Waals surface area (Å²) < 4.78 is 0. The van der Waals surface area contributed by atoms with Crippen LogP contribution in [-0.4, -0.2) is 23.3 Å². The number of fused-ring (bicyclic) bond motifs is 1. The van der Waals surface area contributed by atoms with Gasteiger partial charge in [0, 0.05) is 36.2 Å². The van der Waals surface area contributed by atoms with Crippen LogP contribution in [0.15, 0.2) is 66.7 Å². The highest BCUT2D eigenvalue weighted by Crippen LogP contribution is 2.32. The standard InChI is InChI=1S/C21H17N3O4/c25-20-12-15(21(26)22-16-8-10-17(11-9-16)24(27)28)13-23(20)19-7-3-5-14-4-1-2-6-18(14)19/h1-11,15H,12-13H2,(H,22,26). The summed E-state index contributed by atoms with van der Waals surface area (Å²) in [6, 6.07) is 19.2. The number of rotatable bonds is 4. The van der Waals surface area contributed by atoms with Crippen LogP contribution >= 0.6 is 0 Å². The van der Waals surface area contributed by atoms with Gasteiger partial charge in [0.05, 0.1) is 16.5 Å². The molecule has 0 spiro atoms. The lowest BCUT2D eigenvalue weighted by molar-refractivity contribution is -0.384. The van der Waals surface area contributed by atoms with Crippen LogP contribution in [0.5, 0.6) is 0 Å². The fourth-order valence-corrected chi connectivity index (χ4v) is 3.47. The first-order valence-corrected chi connectivity index (χ1v) is 8.86. The fraction of sp³-hybridized carbons (Fsp3) is 0.143. The van der Waals surface area contributed by atoms with Crippen molar-refractivity contribution in [2.75, 3.05) is 16.8 Å². The Kier molecular flexibility index (Phi) is 4.49. The van der Waals surface area contributed by atoms with Gasteiger partial charge in [-0.1, -0.05) is 36.4 Å². The Labute approximate surface area is 160 Å². The summed E-state index contributed by atoms with van der Waals surface area (Å²) >= 11 is 0. The Morgan fingerprint density at radius 3 is 2.50 bits per heavy atom. The monoisotopic (exact) mass is 375 g/mol. The van der Waals surface area contributed by atoms with Crippen molar-refractivity contribution in [3.05, 3.63) is 76.8 Å². The minimum atomic E-state index is -0.497. The van der Waals surface area contributed by atoms with Gasteiger partial charge in [-0.05, 0) is 23.6 Å². The van der Waals surface area contributed by atoms with E-state index in [0.717, 1.165) is 16.5 Å². The summed E-state index contributed by atoms with van der Waals surface area (Å²) in [6.45, 7) is 0.297. The number of carbonyl (C=O) groups excluding carboxylic acids is 2. The van der Waals surface area contributed by atoms with Crippen LogP contribution < -0.4 is 10.2 Å². The minimum Gasteiger partial charge on any atom is -0.326 e. The molecule has 28 heavy (non-hydrogen) atoms. The second kappa shape index (κ2) is 7.11. The maximum absolute atomic E-state index is 12.6. The Hall–Kier alpha value is -3.74. The molecule has 1 aliphatic rings. The van der Waals surface area contributed by atoms with Crippen LogP contribution in [0.3, 0.4) is 0 Å². The molecule has 7 nitrogen and oxygen atoms in total. The molecule has 0 radical (unpaired) electrons. The van der Waals surface area contributed by atoms with E-state index in [1.165, 1.54) is 24.3 Å². The molecule has 3 aromatic carbocycles. The average Bonchev–Trinajstić information content (AvgIpc) is 3.09. The highest BCUT2D eigenvalue weighted by molar-refractivity contribution is 6.08. The van der Waals surface area contributed by atoms with Gasteiger partial charge in [-0.15, -0.1) is 0 Å². The third-order valence-electron chi connectivity index (χ3n) is 4.90. The van der Waals surface area contributed by atoms with Gasteiger partial charge in [0.25, 0.3) is 5.69 Å². The largest absolute Gasteiger partial charge is 0.326 e. The number of amides is 2. The molecule has 0 bridgehead atoms. The van der Waals surface area contributed by atoms with E-state index >= 15 is 0 Å². The number of anilines is 2. The van der Waals surface area contributed by atoms with Crippen LogP contribution in [0.2, 0.25) is 0 Å². The third-order valence-corrected chi connectivity index (χ3v) is 4.90. The second-order valence-corrected chi connectivity index (χ2v) is 6.70. The Bertz CT molecular complexity index is 1070. The van der Waals surface area contributed by atoms with E-state index in [9.17, 15) is 19.7 Å². The van der Waals surface area contributed by atoms with E-state index in [1.807, 2.05) is 42.5 Å². The molecule has 0 saturated carbocycles. The number of hydrogen-bond donors (Lipinski definition) is 1. The van der Waals surface area contributed by atoms with E-state index in [-0.39, 0.29) is 23.9 Å². The smallest absolute Gasteiger partial charge is 0.269 e. The molecule has 1 N–H and O–H groups in total. The topological polar surface area (TPSA) is 92.5 Å². The van der Waals surface area contributed by atoms with Crippen LogP contribution in [-0.2, 0) is 9.59 Å². The molecule has 4 rings (SSSR count). The summed E-state index contributed by atoms with van der Waals surface area (Å²) in [5, 5.41) is 15.5. The van der Waals surface area contributed by atoms with Gasteiger partial charge in [-0.2, -0.15) is 0 Å². The number of nitro groups is 1. The SMILES string of the molecule is O=C(Nc1ccc([N+](=O)[O-])cc1)C1CC(=O)N(c2cccc3ccccc23)C1. The summed E-state index contributed by atoms with van der Waals surface area (Å²) in [5.41, 5.74) is 1.22. The molecule has 2 amide bonds. The quantitative estimate of drug-likeness (QED) is 0.555. The molecule has 140 valence electrons. The van der Waals surface area contributed by atoms with E-state index in [1.54, 1.807) is 4.90 Å². The van der Waals surface area contributed by atoms with E-state index < -0.39 is 10.8 Å². The number of benzene rings is 3. The maximum atomic E-state index is 12.6. The summed E-state index contributed by atoms with van der Waals surface area (Å²) in [4.78, 5) is 37.0. The first kappa shape index (κ1) is 17.7. The molecule has 1 atom stereocenters. The predicted octanol–water partition coefficient (Wildman–Crippen LogP) is 3.74. The summed E-state index contributed by atoms with van der Waals surface area (Å²) in [5.74, 6) is -0.855. The molecule has 1 unspecified atom stereocenters. The normalized spacial score (nSPS) is 16.4. The Balaban J connectivity index is 1.51. The lowest BCUT2D eigenvalue weighted by atomic mass is 10.1. The van der Waals surface area contributed by atoms with Crippen molar-refractivity contribution in [3.63, 3.8) is 0 Å². The van der Waals surface area contributed by atoms with Crippen molar-refractivity contribution in [2.24, 2.45) is 5.92 Å². The third kappa shape index (κ3) is 3.29. The van der Waals surface area contributed by atoms with Crippen molar-refractivity contribution in [1.29, 1.82) is 0 Å². The number of carbonyl (C=O) groups is 2. The Morgan fingerprint density at radius 2 is 1.75 bits per heavy atom. The highest BCUT2D eigenvalue weighted by Gasteiger charge is 2.35. The van der Waals surface area contributed by atoms with Crippen molar-refractivity contribution >= 4 is 39.6 Å². The maximum Gasteiger partial charge on any atom is 0.269 e. The van der Waals surface area contributed by atoms with Crippen molar-refractivity contribution < 1.29 is 14.5 Å². The van der Waals surface area contributed by atoms with E-state index in [2.05, 4.69) is 5.32 Å². The number of nitrogens with zero attached hydrogens (tertiary/aromatic N) is 2. The summed E-state index contributed by atoms with van der Waals surface area (Å²) in [6.07, 6.45) is 0.127. The zero-order valence-corrected chi connectivity index (χ0v) is 14.9. The Morgan fingerprint density at radius 1 is 1.04 bits per heavy atom. The average molecular weight is 375 g/mol. The molecule has 1 fully saturated rings. The van der Waals surface area contributed by atoms with Gasteiger partial charge in [0.15, 0.2) is 0 Å². The lowest BCUT2D eigenvalue weighted by Gasteiger charge is -2.19. The van der Waals surface area contributed by atoms with Crippen LogP contribution in [0.25, 0.3) is 10.8 Å². The molecule has 0 aromatic heterocycles. The van der Waals surface area contributed by atoms with Gasteiger partial charge in [0.2, 0.25) is 11.8 Å². The van der Waals surface area contributed by atoms with Gasteiger partial charge < -0.3 is 10.2 Å². The van der Waals surface area contributed by atoms with Crippen LogP contribution in [0.4, 0.5) is 17.1 Å². The van der Waals surface area contributed by atoms with Gasteiger partial charge >= 0.3 is 0 Å². The molecule has 1 aliphatic heterocycles. The number of nitro benzene ring substituents is 1. The van der Waals surface area contributed by atoms with Gasteiger partial charge in [-0.25, -0.2) is 0 Å². The molecule has 1 saturated heterocycles. The molecular formula is C21H17N3O4. The molecular weight excluding hydrogens is 358 g/mol. The number of non-ortho nitro benzene ring substituents is 1. The van der Waals surface area contributed by atoms with Crippen LogP contribution in [0.1, 0.15) is 6.42 Å². The summed E-state index contributed by atoms with van der Waals surface area (Å²) in [7, 11) is 0. The first-order chi connectivity index (χ1) is 13.5. The number of hydrogen-bond acceptors (Lipinski definition) is 4. The predicted molar refractivity (Wildman–Crippen MR) is 106 cm³/mol. The van der Waals surface area contributed by atoms with Gasteiger partial charge in [0.1, 0.15) is 0 Å². The number of nitrogens with one attached hydrogen (secondary N) is 1. The first-order valence-electron chi connectivity index (χ1n) is 8.86.